The van der Waals surface area contributed by atoms with Crippen LogP contribution in [0.1, 0.15) is 17.9 Å². The van der Waals surface area contributed by atoms with Crippen LogP contribution >= 0.6 is 0 Å². The summed E-state index contributed by atoms with van der Waals surface area (Å²) in [6.45, 7) is 5.61. The highest BCUT2D eigenvalue weighted by Gasteiger charge is 2.33. The molecule has 2 fully saturated rings. The topological polar surface area (TPSA) is 104 Å². The van der Waals surface area contributed by atoms with Crippen molar-refractivity contribution in [3.05, 3.63) is 23.1 Å². The Bertz CT molecular complexity index is 537. The van der Waals surface area contributed by atoms with E-state index in [-0.39, 0.29) is 0 Å². The average molecular weight is 280 g/mol. The van der Waals surface area contributed by atoms with Crippen molar-refractivity contribution in [2.75, 3.05) is 19.6 Å². The summed E-state index contributed by atoms with van der Waals surface area (Å²) >= 11 is 0. The maximum absolute atomic E-state index is 9.10. The number of carboxylic acids is 2. The summed E-state index contributed by atoms with van der Waals surface area (Å²) in [6.07, 6.45) is 3.49. The standard InChI is InChI=1S/C11H14N2O.C2H2O4/c1-8-4-11(14-12-8)5-10-7-13-3-2-9(10)6-13;3-1(4)2(5)6/h4-5,9H,2-3,6-7H2,1H3;(H,3,4)(H,5,6)/b10-5+;. The Hall–Kier alpha value is -2.15. The third-order valence-electron chi connectivity index (χ3n) is 3.36. The molecule has 2 aliphatic rings. The number of rotatable bonds is 1. The second-order valence-electron chi connectivity index (χ2n) is 4.92. The highest BCUT2D eigenvalue weighted by molar-refractivity contribution is 6.27. The van der Waals surface area contributed by atoms with Gasteiger partial charge in [-0.1, -0.05) is 5.16 Å². The van der Waals surface area contributed by atoms with Crippen molar-refractivity contribution in [2.24, 2.45) is 5.92 Å². The molecule has 0 aliphatic carbocycles. The number of hydrogen-bond acceptors (Lipinski definition) is 5. The molecule has 0 radical (unpaired) electrons. The van der Waals surface area contributed by atoms with Crippen LogP contribution in [0, 0.1) is 12.8 Å². The molecule has 7 heteroatoms. The molecule has 1 aromatic heterocycles. The predicted molar refractivity (Wildman–Crippen MR) is 69.0 cm³/mol. The molecule has 7 nitrogen and oxygen atoms in total. The fourth-order valence-corrected chi connectivity index (χ4v) is 2.46. The van der Waals surface area contributed by atoms with Gasteiger partial charge in [0.1, 0.15) is 0 Å². The smallest absolute Gasteiger partial charge is 0.414 e. The number of carbonyl (C=O) groups is 2. The zero-order chi connectivity index (χ0) is 14.7. The third-order valence-corrected chi connectivity index (χ3v) is 3.36. The van der Waals surface area contributed by atoms with Gasteiger partial charge in [-0.3, -0.25) is 4.90 Å². The van der Waals surface area contributed by atoms with Gasteiger partial charge in [0, 0.05) is 19.2 Å². The summed E-state index contributed by atoms with van der Waals surface area (Å²) in [5.41, 5.74) is 2.48. The molecule has 2 unspecified atom stereocenters. The SMILES string of the molecule is Cc1cc(/C=C2\CN3CCC2C3)on1.O=C(O)C(=O)O. The molecule has 0 aromatic carbocycles. The lowest BCUT2D eigenvalue weighted by Gasteiger charge is -2.13. The minimum atomic E-state index is -1.82. The Kier molecular flexibility index (Phi) is 4.19. The molecule has 0 amide bonds. The largest absolute Gasteiger partial charge is 0.473 e. The number of piperidine rings is 1. The van der Waals surface area contributed by atoms with Crippen LogP contribution in [0.4, 0.5) is 0 Å². The molecule has 0 spiro atoms. The molecule has 3 rings (SSSR count). The molecule has 2 atom stereocenters. The van der Waals surface area contributed by atoms with Gasteiger partial charge in [-0.25, -0.2) is 9.59 Å². The van der Waals surface area contributed by atoms with Gasteiger partial charge in [-0.05, 0) is 37.5 Å². The lowest BCUT2D eigenvalue weighted by molar-refractivity contribution is -0.159. The minimum absolute atomic E-state index is 0.778. The Morgan fingerprint density at radius 3 is 2.55 bits per heavy atom. The van der Waals surface area contributed by atoms with Crippen molar-refractivity contribution in [3.8, 4) is 0 Å². The fourth-order valence-electron chi connectivity index (χ4n) is 2.46. The Labute approximate surface area is 115 Å². The van der Waals surface area contributed by atoms with Gasteiger partial charge in [-0.2, -0.15) is 0 Å². The highest BCUT2D eigenvalue weighted by Crippen LogP contribution is 2.33. The van der Waals surface area contributed by atoms with E-state index in [1.54, 1.807) is 0 Å². The van der Waals surface area contributed by atoms with E-state index >= 15 is 0 Å². The summed E-state index contributed by atoms with van der Waals surface area (Å²) in [4.78, 5) is 20.7. The average Bonchev–Trinajstić information content (AvgIpc) is 3.07. The number of hydrogen-bond donors (Lipinski definition) is 2. The molecular weight excluding hydrogens is 264 g/mol. The van der Waals surface area contributed by atoms with Crippen LogP contribution in [0.3, 0.4) is 0 Å². The summed E-state index contributed by atoms with van der Waals surface area (Å²) in [5, 5.41) is 18.7. The first-order chi connectivity index (χ1) is 9.45. The van der Waals surface area contributed by atoms with Crippen molar-refractivity contribution in [1.82, 2.24) is 10.1 Å². The lowest BCUT2D eigenvalue weighted by atomic mass is 9.98. The van der Waals surface area contributed by atoms with Gasteiger partial charge in [0.25, 0.3) is 0 Å². The van der Waals surface area contributed by atoms with Crippen LogP contribution in [-0.4, -0.2) is 51.8 Å². The quantitative estimate of drug-likeness (QED) is 0.735. The van der Waals surface area contributed by atoms with Crippen LogP contribution in [-0.2, 0) is 9.59 Å². The zero-order valence-electron chi connectivity index (χ0n) is 11.1. The van der Waals surface area contributed by atoms with Crippen LogP contribution in [0.25, 0.3) is 6.08 Å². The van der Waals surface area contributed by atoms with Gasteiger partial charge in [0.15, 0.2) is 5.76 Å². The molecule has 3 heterocycles. The fraction of sp³-hybridized carbons (Fsp3) is 0.462. The summed E-state index contributed by atoms with van der Waals surface area (Å²) in [6, 6.07) is 1.99. The van der Waals surface area contributed by atoms with Crippen molar-refractivity contribution in [1.29, 1.82) is 0 Å². The van der Waals surface area contributed by atoms with Crippen LogP contribution in [0.15, 0.2) is 16.2 Å². The summed E-state index contributed by atoms with van der Waals surface area (Å²) in [7, 11) is 0. The maximum Gasteiger partial charge on any atom is 0.414 e. The molecule has 20 heavy (non-hydrogen) atoms. The normalized spacial score (nSPS) is 25.4. The van der Waals surface area contributed by atoms with Gasteiger partial charge in [-0.15, -0.1) is 0 Å². The third kappa shape index (κ3) is 3.45. The highest BCUT2D eigenvalue weighted by atomic mass is 16.5. The number of carboxylic acid groups (broad SMARTS) is 2. The van der Waals surface area contributed by atoms with E-state index in [2.05, 4.69) is 16.1 Å². The number of fused-ring (bicyclic) bond motifs is 2. The van der Waals surface area contributed by atoms with Gasteiger partial charge >= 0.3 is 11.9 Å². The van der Waals surface area contributed by atoms with E-state index in [4.69, 9.17) is 24.3 Å². The van der Waals surface area contributed by atoms with Crippen molar-refractivity contribution in [3.63, 3.8) is 0 Å². The van der Waals surface area contributed by atoms with Crippen molar-refractivity contribution < 1.29 is 24.3 Å². The molecule has 2 N–H and O–H groups in total. The molecule has 2 aliphatic heterocycles. The molecule has 0 saturated carbocycles. The van der Waals surface area contributed by atoms with E-state index in [0.717, 1.165) is 23.9 Å². The molecule has 2 saturated heterocycles. The number of aryl methyl sites for hydroxylation is 1. The van der Waals surface area contributed by atoms with E-state index in [9.17, 15) is 0 Å². The van der Waals surface area contributed by atoms with Gasteiger partial charge in [0.05, 0.1) is 5.69 Å². The molecule has 2 bridgehead atoms. The number of aliphatic carboxylic acids is 2. The second kappa shape index (κ2) is 5.87. The van der Waals surface area contributed by atoms with E-state index < -0.39 is 11.9 Å². The Balaban J connectivity index is 0.000000212. The monoisotopic (exact) mass is 280 g/mol. The molecular formula is C13H16N2O5. The maximum atomic E-state index is 9.10. The number of aromatic nitrogens is 1. The Morgan fingerprint density at radius 1 is 1.45 bits per heavy atom. The van der Waals surface area contributed by atoms with Crippen molar-refractivity contribution in [2.45, 2.75) is 13.3 Å². The summed E-state index contributed by atoms with van der Waals surface area (Å²) in [5.74, 6) is -1.96. The van der Waals surface area contributed by atoms with Crippen LogP contribution in [0.2, 0.25) is 0 Å². The van der Waals surface area contributed by atoms with Gasteiger partial charge in [0.2, 0.25) is 0 Å². The second-order valence-corrected chi connectivity index (χ2v) is 4.92. The lowest BCUT2D eigenvalue weighted by Crippen LogP contribution is -2.17. The Morgan fingerprint density at radius 2 is 2.15 bits per heavy atom. The van der Waals surface area contributed by atoms with E-state index in [1.165, 1.54) is 25.1 Å². The zero-order valence-corrected chi connectivity index (χ0v) is 11.1. The molecule has 1 aromatic rings. The van der Waals surface area contributed by atoms with Crippen molar-refractivity contribution >= 4 is 18.0 Å². The van der Waals surface area contributed by atoms with E-state index in [1.807, 2.05) is 13.0 Å². The van der Waals surface area contributed by atoms with E-state index in [0.29, 0.717) is 0 Å². The first-order valence-corrected chi connectivity index (χ1v) is 6.28. The number of nitrogens with zero attached hydrogens (tertiary/aromatic N) is 2. The molecule has 108 valence electrons. The van der Waals surface area contributed by atoms with Crippen LogP contribution in [0.5, 0.6) is 0 Å². The van der Waals surface area contributed by atoms with Crippen LogP contribution < -0.4 is 0 Å². The first-order valence-electron chi connectivity index (χ1n) is 6.28. The predicted octanol–water partition coefficient (Wildman–Crippen LogP) is 0.858. The first kappa shape index (κ1) is 14.3. The van der Waals surface area contributed by atoms with Gasteiger partial charge < -0.3 is 14.7 Å². The summed E-state index contributed by atoms with van der Waals surface area (Å²) < 4.78 is 5.19. The minimum Gasteiger partial charge on any atom is -0.473 e.